The van der Waals surface area contributed by atoms with Crippen LogP contribution < -0.4 is 0 Å². The lowest BCUT2D eigenvalue weighted by atomic mass is 9.91. The lowest BCUT2D eigenvalue weighted by molar-refractivity contribution is -0.386. The number of rotatable bonds is 3. The molecule has 1 aromatic carbocycles. The molecular weight excluding hydrogens is 238 g/mol. The summed E-state index contributed by atoms with van der Waals surface area (Å²) >= 11 is 0. The van der Waals surface area contributed by atoms with Crippen molar-refractivity contribution in [2.75, 3.05) is 0 Å². The lowest BCUT2D eigenvalue weighted by Gasteiger charge is -2.15. The summed E-state index contributed by atoms with van der Waals surface area (Å²) in [7, 11) is 0. The van der Waals surface area contributed by atoms with E-state index in [2.05, 4.69) is 0 Å². The molecule has 6 nitrogen and oxygen atoms in total. The van der Waals surface area contributed by atoms with Crippen LogP contribution in [0.4, 0.5) is 5.69 Å². The Labute approximate surface area is 103 Å². The molecular formula is C12H11NO5. The van der Waals surface area contributed by atoms with E-state index in [0.717, 1.165) is 0 Å². The Hall–Kier alpha value is -2.24. The molecule has 0 aliphatic carbocycles. The fourth-order valence-corrected chi connectivity index (χ4v) is 2.09. The maximum atomic E-state index is 11.5. The molecule has 1 aromatic rings. The predicted molar refractivity (Wildman–Crippen MR) is 60.7 cm³/mol. The topological polar surface area (TPSA) is 86.5 Å². The van der Waals surface area contributed by atoms with Crippen molar-refractivity contribution in [3.05, 3.63) is 39.9 Å². The Bertz CT molecular complexity index is 525. The van der Waals surface area contributed by atoms with Crippen LogP contribution >= 0.6 is 0 Å². The first-order chi connectivity index (χ1) is 8.50. The molecule has 1 saturated heterocycles. The van der Waals surface area contributed by atoms with Crippen molar-refractivity contribution < 1.29 is 19.2 Å². The van der Waals surface area contributed by atoms with Gasteiger partial charge in [-0.2, -0.15) is 0 Å². The number of nitro benzene ring substituents is 1. The minimum absolute atomic E-state index is 0.0218. The largest absolute Gasteiger partial charge is 0.456 e. The van der Waals surface area contributed by atoms with Gasteiger partial charge in [0.25, 0.3) is 5.69 Å². The Morgan fingerprint density at radius 3 is 2.72 bits per heavy atom. The van der Waals surface area contributed by atoms with Crippen molar-refractivity contribution in [2.24, 2.45) is 5.92 Å². The van der Waals surface area contributed by atoms with Gasteiger partial charge < -0.3 is 4.74 Å². The van der Waals surface area contributed by atoms with Crippen LogP contribution in [0.3, 0.4) is 0 Å². The number of Topliss-reactive ketones (excluding diaryl/α,β-unsaturated/α-hetero) is 1. The summed E-state index contributed by atoms with van der Waals surface area (Å²) in [6, 6.07) is 5.99. The van der Waals surface area contributed by atoms with Gasteiger partial charge >= 0.3 is 5.97 Å². The van der Waals surface area contributed by atoms with Crippen LogP contribution in [0.25, 0.3) is 0 Å². The van der Waals surface area contributed by atoms with E-state index < -0.39 is 22.9 Å². The van der Waals surface area contributed by atoms with Gasteiger partial charge in [-0.1, -0.05) is 12.1 Å². The Kier molecular flexibility index (Phi) is 3.10. The second-order valence-corrected chi connectivity index (χ2v) is 4.15. The first-order valence-electron chi connectivity index (χ1n) is 5.44. The molecule has 0 radical (unpaired) electrons. The van der Waals surface area contributed by atoms with Gasteiger partial charge in [-0.25, -0.2) is 0 Å². The number of hydrogen-bond donors (Lipinski definition) is 0. The third-order valence-electron chi connectivity index (χ3n) is 2.97. The van der Waals surface area contributed by atoms with Crippen molar-refractivity contribution in [1.29, 1.82) is 0 Å². The summed E-state index contributed by atoms with van der Waals surface area (Å²) < 4.78 is 5.05. The van der Waals surface area contributed by atoms with E-state index in [9.17, 15) is 19.7 Å². The maximum Gasteiger partial charge on any atom is 0.307 e. The van der Waals surface area contributed by atoms with E-state index in [1.54, 1.807) is 6.07 Å². The van der Waals surface area contributed by atoms with Gasteiger partial charge in [-0.3, -0.25) is 19.7 Å². The van der Waals surface area contributed by atoms with E-state index in [-0.39, 0.29) is 23.5 Å². The monoisotopic (exact) mass is 249 g/mol. The zero-order chi connectivity index (χ0) is 13.3. The highest BCUT2D eigenvalue weighted by Crippen LogP contribution is 2.39. The first-order valence-corrected chi connectivity index (χ1v) is 5.44. The zero-order valence-corrected chi connectivity index (χ0v) is 9.66. The molecule has 1 aliphatic rings. The molecule has 2 rings (SSSR count). The number of nitro groups is 1. The van der Waals surface area contributed by atoms with Crippen molar-refractivity contribution in [1.82, 2.24) is 0 Å². The lowest BCUT2D eigenvalue weighted by Crippen LogP contribution is -2.16. The van der Waals surface area contributed by atoms with Gasteiger partial charge in [0, 0.05) is 6.07 Å². The number of ketones is 1. The van der Waals surface area contributed by atoms with Crippen LogP contribution in [-0.2, 0) is 14.3 Å². The van der Waals surface area contributed by atoms with Crippen molar-refractivity contribution in [3.63, 3.8) is 0 Å². The minimum atomic E-state index is -0.850. The average Bonchev–Trinajstić information content (AvgIpc) is 2.71. The van der Waals surface area contributed by atoms with Gasteiger partial charge in [-0.05, 0) is 13.0 Å². The van der Waals surface area contributed by atoms with Gasteiger partial charge in [0.1, 0.15) is 11.9 Å². The van der Waals surface area contributed by atoms with Gasteiger partial charge in [0.05, 0.1) is 22.8 Å². The van der Waals surface area contributed by atoms with Crippen molar-refractivity contribution >= 4 is 17.4 Å². The highest BCUT2D eigenvalue weighted by Gasteiger charge is 2.41. The maximum absolute atomic E-state index is 11.5. The number of carbonyl (C=O) groups excluding carboxylic acids is 2. The highest BCUT2D eigenvalue weighted by atomic mass is 16.6. The Morgan fingerprint density at radius 2 is 2.11 bits per heavy atom. The molecule has 0 amide bonds. The molecule has 0 aromatic heterocycles. The van der Waals surface area contributed by atoms with Crippen LogP contribution in [0.5, 0.6) is 0 Å². The van der Waals surface area contributed by atoms with Crippen LogP contribution in [0.1, 0.15) is 25.0 Å². The predicted octanol–water partition coefficient (Wildman–Crippen LogP) is 1.79. The summed E-state index contributed by atoms with van der Waals surface area (Å²) in [5, 5.41) is 10.9. The number of hydrogen-bond acceptors (Lipinski definition) is 5. The minimum Gasteiger partial charge on any atom is -0.456 e. The summed E-state index contributed by atoms with van der Waals surface area (Å²) in [6.45, 7) is 1.36. The number of esters is 1. The molecule has 94 valence electrons. The molecule has 1 aliphatic heterocycles. The van der Waals surface area contributed by atoms with Crippen LogP contribution in [-0.4, -0.2) is 16.7 Å². The Balaban J connectivity index is 2.44. The van der Waals surface area contributed by atoms with Crippen molar-refractivity contribution in [2.45, 2.75) is 19.4 Å². The number of benzene rings is 1. The van der Waals surface area contributed by atoms with E-state index >= 15 is 0 Å². The number of carbonyl (C=O) groups is 2. The molecule has 0 bridgehead atoms. The smallest absolute Gasteiger partial charge is 0.307 e. The second kappa shape index (κ2) is 4.56. The fraction of sp³-hybridized carbons (Fsp3) is 0.333. The summed E-state index contributed by atoms with van der Waals surface area (Å²) in [6.07, 6.45) is -0.872. The molecule has 18 heavy (non-hydrogen) atoms. The summed E-state index contributed by atoms with van der Waals surface area (Å²) in [5.41, 5.74) is 0.136. The number of cyclic esters (lactones) is 1. The van der Waals surface area contributed by atoms with E-state index in [1.165, 1.54) is 25.1 Å². The summed E-state index contributed by atoms with van der Waals surface area (Å²) in [5.74, 6) is -1.35. The normalized spacial score (nSPS) is 22.6. The molecule has 2 atom stereocenters. The molecule has 0 spiro atoms. The van der Waals surface area contributed by atoms with E-state index in [1.807, 2.05) is 0 Å². The molecule has 6 heteroatoms. The second-order valence-electron chi connectivity index (χ2n) is 4.15. The Morgan fingerprint density at radius 1 is 1.44 bits per heavy atom. The number of ether oxygens (including phenoxy) is 1. The van der Waals surface area contributed by atoms with Crippen LogP contribution in [0.2, 0.25) is 0 Å². The van der Waals surface area contributed by atoms with E-state index in [0.29, 0.717) is 0 Å². The van der Waals surface area contributed by atoms with Crippen LogP contribution in [0.15, 0.2) is 24.3 Å². The SMILES string of the molecule is CC(=O)C1CC(=O)OC1c1ccccc1[N+](=O)[O-]. The molecule has 0 saturated carbocycles. The third-order valence-corrected chi connectivity index (χ3v) is 2.97. The fourth-order valence-electron chi connectivity index (χ4n) is 2.09. The summed E-state index contributed by atoms with van der Waals surface area (Å²) in [4.78, 5) is 33.1. The standard InChI is InChI=1S/C12H11NO5/c1-7(14)9-6-11(15)18-12(9)8-4-2-3-5-10(8)13(16)17/h2-5,9,12H,6H2,1H3. The first kappa shape index (κ1) is 12.2. The van der Waals surface area contributed by atoms with Gasteiger partial charge in [0.2, 0.25) is 0 Å². The van der Waals surface area contributed by atoms with Crippen LogP contribution in [0, 0.1) is 16.0 Å². The molecule has 0 N–H and O–H groups in total. The van der Waals surface area contributed by atoms with E-state index in [4.69, 9.17) is 4.74 Å². The van der Waals surface area contributed by atoms with Gasteiger partial charge in [-0.15, -0.1) is 0 Å². The molecule has 1 fully saturated rings. The average molecular weight is 249 g/mol. The van der Waals surface area contributed by atoms with Gasteiger partial charge in [0.15, 0.2) is 0 Å². The quantitative estimate of drug-likeness (QED) is 0.463. The molecule has 1 heterocycles. The number of nitrogens with zero attached hydrogens (tertiary/aromatic N) is 1. The third kappa shape index (κ3) is 2.09. The highest BCUT2D eigenvalue weighted by molar-refractivity contribution is 5.87. The molecule has 2 unspecified atom stereocenters. The zero-order valence-electron chi connectivity index (χ0n) is 9.66. The number of para-hydroxylation sites is 1. The van der Waals surface area contributed by atoms with Crippen molar-refractivity contribution in [3.8, 4) is 0 Å².